The molecule has 0 fully saturated rings. The number of aromatic nitrogens is 2. The first kappa shape index (κ1) is 15.7. The second-order valence-electron chi connectivity index (χ2n) is 3.98. The first-order valence-corrected chi connectivity index (χ1v) is 8.01. The minimum absolute atomic E-state index is 0.0384. The standard InChI is InChI=1S/C10H8BrClN4O4S/c1-15-5-13-10(9(15)12)21(19,20)14-6-2-3-8(16(17)18)7(11)4-6/h2-5,14H,1H3. The van der Waals surface area contributed by atoms with Gasteiger partial charge in [0.2, 0.25) is 5.03 Å². The van der Waals surface area contributed by atoms with Crippen LogP contribution in [0.2, 0.25) is 5.15 Å². The third-order valence-electron chi connectivity index (χ3n) is 2.49. The minimum atomic E-state index is -3.98. The van der Waals surface area contributed by atoms with Crippen molar-refractivity contribution in [1.29, 1.82) is 0 Å². The molecule has 2 aromatic rings. The van der Waals surface area contributed by atoms with Crippen LogP contribution in [0.4, 0.5) is 11.4 Å². The lowest BCUT2D eigenvalue weighted by molar-refractivity contribution is -0.385. The maximum atomic E-state index is 12.1. The Morgan fingerprint density at radius 1 is 1.48 bits per heavy atom. The van der Waals surface area contributed by atoms with E-state index in [1.807, 2.05) is 0 Å². The van der Waals surface area contributed by atoms with E-state index < -0.39 is 14.9 Å². The molecule has 0 aliphatic rings. The predicted molar refractivity (Wildman–Crippen MR) is 79.8 cm³/mol. The van der Waals surface area contributed by atoms with Crippen molar-refractivity contribution in [2.75, 3.05) is 4.72 Å². The number of halogens is 2. The molecule has 0 radical (unpaired) electrons. The van der Waals surface area contributed by atoms with Crippen LogP contribution in [0.1, 0.15) is 0 Å². The first-order chi connectivity index (χ1) is 9.72. The van der Waals surface area contributed by atoms with Crippen molar-refractivity contribution < 1.29 is 13.3 Å². The van der Waals surface area contributed by atoms with Crippen LogP contribution < -0.4 is 4.72 Å². The van der Waals surface area contributed by atoms with Crippen LogP contribution in [0.5, 0.6) is 0 Å². The van der Waals surface area contributed by atoms with Gasteiger partial charge < -0.3 is 4.57 Å². The van der Waals surface area contributed by atoms with Gasteiger partial charge in [-0.05, 0) is 28.1 Å². The van der Waals surface area contributed by atoms with Gasteiger partial charge in [0.05, 0.1) is 21.4 Å². The lowest BCUT2D eigenvalue weighted by Gasteiger charge is -2.07. The van der Waals surface area contributed by atoms with Crippen molar-refractivity contribution in [3.63, 3.8) is 0 Å². The van der Waals surface area contributed by atoms with Gasteiger partial charge in [-0.25, -0.2) is 4.98 Å². The van der Waals surface area contributed by atoms with Gasteiger partial charge in [0, 0.05) is 13.1 Å². The van der Waals surface area contributed by atoms with Crippen LogP contribution in [-0.4, -0.2) is 22.9 Å². The van der Waals surface area contributed by atoms with Crippen LogP contribution >= 0.6 is 27.5 Å². The lowest BCUT2D eigenvalue weighted by atomic mass is 10.3. The summed E-state index contributed by atoms with van der Waals surface area (Å²) in [7, 11) is -2.43. The van der Waals surface area contributed by atoms with Crippen LogP contribution in [0.3, 0.4) is 0 Å². The van der Waals surface area contributed by atoms with Gasteiger partial charge in [-0.2, -0.15) is 8.42 Å². The molecule has 0 unspecified atom stereocenters. The van der Waals surface area contributed by atoms with Crippen molar-refractivity contribution in [3.05, 3.63) is 44.3 Å². The molecule has 11 heteroatoms. The topological polar surface area (TPSA) is 107 Å². The molecule has 0 saturated heterocycles. The van der Waals surface area contributed by atoms with Crippen LogP contribution in [0, 0.1) is 10.1 Å². The number of nitro groups is 1. The number of anilines is 1. The summed E-state index contributed by atoms with van der Waals surface area (Å²) in [6.07, 6.45) is 1.27. The van der Waals surface area contributed by atoms with Crippen molar-refractivity contribution in [1.82, 2.24) is 9.55 Å². The van der Waals surface area contributed by atoms with Gasteiger partial charge >= 0.3 is 0 Å². The normalized spacial score (nSPS) is 11.4. The van der Waals surface area contributed by atoms with E-state index in [0.29, 0.717) is 0 Å². The van der Waals surface area contributed by atoms with Gasteiger partial charge in [0.15, 0.2) is 0 Å². The second kappa shape index (κ2) is 5.62. The smallest absolute Gasteiger partial charge is 0.283 e. The maximum absolute atomic E-state index is 12.1. The summed E-state index contributed by atoms with van der Waals surface area (Å²) < 4.78 is 28.0. The molecular weight excluding hydrogens is 388 g/mol. The number of benzene rings is 1. The molecule has 0 spiro atoms. The Bertz CT molecular complexity index is 820. The molecule has 1 N–H and O–H groups in total. The van der Waals surface area contributed by atoms with Gasteiger partial charge in [-0.3, -0.25) is 14.8 Å². The zero-order valence-corrected chi connectivity index (χ0v) is 13.6. The summed E-state index contributed by atoms with van der Waals surface area (Å²) in [5.74, 6) is 0. The molecule has 0 aliphatic heterocycles. The summed E-state index contributed by atoms with van der Waals surface area (Å²) in [5.41, 5.74) is -0.0250. The largest absolute Gasteiger partial charge is 0.324 e. The fourth-order valence-electron chi connectivity index (χ4n) is 1.50. The average molecular weight is 396 g/mol. The molecule has 0 saturated carbocycles. The Hall–Kier alpha value is -1.65. The molecule has 112 valence electrons. The van der Waals surface area contributed by atoms with Crippen LogP contribution in [0.25, 0.3) is 0 Å². The van der Waals surface area contributed by atoms with E-state index in [9.17, 15) is 18.5 Å². The predicted octanol–water partition coefficient (Wildman–Crippen LogP) is 2.54. The molecule has 2 rings (SSSR count). The highest BCUT2D eigenvalue weighted by atomic mass is 79.9. The van der Waals surface area contributed by atoms with Crippen molar-refractivity contribution in [2.24, 2.45) is 7.05 Å². The molecule has 0 atom stereocenters. The van der Waals surface area contributed by atoms with E-state index in [4.69, 9.17) is 11.6 Å². The van der Waals surface area contributed by atoms with Gasteiger partial charge in [-0.15, -0.1) is 0 Å². The third-order valence-corrected chi connectivity index (χ3v) is 4.99. The SMILES string of the molecule is Cn1cnc(S(=O)(=O)Nc2ccc([N+](=O)[O-])c(Br)c2)c1Cl. The van der Waals surface area contributed by atoms with Crippen LogP contribution in [-0.2, 0) is 17.1 Å². The summed E-state index contributed by atoms with van der Waals surface area (Å²) >= 11 is 8.85. The highest BCUT2D eigenvalue weighted by Gasteiger charge is 2.23. The van der Waals surface area contributed by atoms with Crippen molar-refractivity contribution in [3.8, 4) is 0 Å². The van der Waals surface area contributed by atoms with E-state index in [2.05, 4.69) is 25.6 Å². The van der Waals surface area contributed by atoms with Crippen molar-refractivity contribution >= 4 is 48.9 Å². The Kier molecular flexibility index (Phi) is 4.21. The molecule has 0 bridgehead atoms. The zero-order valence-electron chi connectivity index (χ0n) is 10.4. The van der Waals surface area contributed by atoms with E-state index in [0.717, 1.165) is 0 Å². The average Bonchev–Trinajstić information content (AvgIpc) is 2.69. The molecule has 21 heavy (non-hydrogen) atoms. The third kappa shape index (κ3) is 3.17. The summed E-state index contributed by atoms with van der Waals surface area (Å²) in [6, 6.07) is 3.74. The second-order valence-corrected chi connectivity index (χ2v) is 6.79. The molecular formula is C10H8BrClN4O4S. The van der Waals surface area contributed by atoms with Crippen LogP contribution in [0.15, 0.2) is 34.0 Å². The number of hydrogen-bond acceptors (Lipinski definition) is 5. The van der Waals surface area contributed by atoms with Gasteiger partial charge in [-0.1, -0.05) is 11.6 Å². The quantitative estimate of drug-likeness (QED) is 0.632. The lowest BCUT2D eigenvalue weighted by Crippen LogP contribution is -2.14. The molecule has 1 aromatic carbocycles. The number of imidazole rings is 1. The monoisotopic (exact) mass is 394 g/mol. The highest BCUT2D eigenvalue weighted by Crippen LogP contribution is 2.29. The summed E-state index contributed by atoms with van der Waals surface area (Å²) in [6.45, 7) is 0. The number of sulfonamides is 1. The highest BCUT2D eigenvalue weighted by molar-refractivity contribution is 9.10. The van der Waals surface area contributed by atoms with E-state index >= 15 is 0 Å². The fraction of sp³-hybridized carbons (Fsp3) is 0.100. The van der Waals surface area contributed by atoms with E-state index in [-0.39, 0.29) is 26.0 Å². The van der Waals surface area contributed by atoms with Crippen molar-refractivity contribution in [2.45, 2.75) is 5.03 Å². The summed E-state index contributed by atoms with van der Waals surface area (Å²) in [4.78, 5) is 13.8. The Morgan fingerprint density at radius 2 is 2.14 bits per heavy atom. The molecule has 1 aromatic heterocycles. The summed E-state index contributed by atoms with van der Waals surface area (Å²) in [5, 5.41) is 10.3. The molecule has 8 nitrogen and oxygen atoms in total. The number of aryl methyl sites for hydroxylation is 1. The molecule has 0 aliphatic carbocycles. The zero-order chi connectivity index (χ0) is 15.8. The maximum Gasteiger partial charge on any atom is 0.283 e. The molecule has 1 heterocycles. The first-order valence-electron chi connectivity index (χ1n) is 5.36. The Labute approximate surface area is 133 Å². The van der Waals surface area contributed by atoms with E-state index in [1.165, 1.54) is 29.1 Å². The van der Waals surface area contributed by atoms with E-state index in [1.54, 1.807) is 7.05 Å². The number of nitro benzene ring substituents is 1. The number of hydrogen-bond donors (Lipinski definition) is 1. The van der Waals surface area contributed by atoms with Gasteiger partial charge in [0.1, 0.15) is 5.15 Å². The number of rotatable bonds is 4. The Morgan fingerprint density at radius 3 is 2.62 bits per heavy atom. The fourth-order valence-corrected chi connectivity index (χ4v) is 3.50. The minimum Gasteiger partial charge on any atom is -0.324 e. The number of nitrogens with one attached hydrogen (secondary N) is 1. The Balaban J connectivity index is 2.35. The number of nitrogens with zero attached hydrogens (tertiary/aromatic N) is 3. The van der Waals surface area contributed by atoms with Gasteiger partial charge in [0.25, 0.3) is 15.7 Å². The molecule has 0 amide bonds.